The van der Waals surface area contributed by atoms with E-state index in [1.54, 1.807) is 13.1 Å². The molecule has 2 heterocycles. The van der Waals surface area contributed by atoms with Gasteiger partial charge in [-0.25, -0.2) is 9.78 Å². The number of hydrogen-bond acceptors (Lipinski definition) is 4. The Labute approximate surface area is 142 Å². The van der Waals surface area contributed by atoms with E-state index in [0.29, 0.717) is 28.6 Å². The maximum Gasteiger partial charge on any atom is 0.329 e. The number of nitrogens with zero attached hydrogens (tertiary/aromatic N) is 3. The summed E-state index contributed by atoms with van der Waals surface area (Å²) >= 11 is 1.49. The van der Waals surface area contributed by atoms with Crippen LogP contribution < -0.4 is 11.2 Å². The largest absolute Gasteiger partial charge is 0.329 e. The van der Waals surface area contributed by atoms with Crippen molar-refractivity contribution >= 4 is 22.9 Å². The molecule has 124 valence electrons. The minimum Gasteiger partial charge on any atom is -0.309 e. The monoisotopic (exact) mass is 342 g/mol. The van der Waals surface area contributed by atoms with Crippen LogP contribution in [-0.2, 0) is 13.6 Å². The van der Waals surface area contributed by atoms with Crippen molar-refractivity contribution in [3.05, 3.63) is 68.9 Å². The lowest BCUT2D eigenvalue weighted by Crippen LogP contribution is -2.29. The van der Waals surface area contributed by atoms with Crippen LogP contribution >= 0.6 is 11.8 Å². The van der Waals surface area contributed by atoms with Crippen LogP contribution in [0.3, 0.4) is 0 Å². The molecule has 0 saturated heterocycles. The first kappa shape index (κ1) is 16.3. The van der Waals surface area contributed by atoms with E-state index in [4.69, 9.17) is 0 Å². The maximum absolute atomic E-state index is 12.4. The topological polar surface area (TPSA) is 72.7 Å². The molecule has 24 heavy (non-hydrogen) atoms. The second-order valence-electron chi connectivity index (χ2n) is 5.56. The summed E-state index contributed by atoms with van der Waals surface area (Å²) in [6.07, 6.45) is 1.78. The number of hydrogen-bond donors (Lipinski definition) is 1. The third kappa shape index (κ3) is 2.94. The maximum atomic E-state index is 12.4. The molecule has 2 aromatic heterocycles. The van der Waals surface area contributed by atoms with Crippen LogP contribution in [0, 0.1) is 6.92 Å². The van der Waals surface area contributed by atoms with Gasteiger partial charge in [-0.15, -0.1) is 6.58 Å². The lowest BCUT2D eigenvalue weighted by molar-refractivity contribution is 0.728. The highest BCUT2D eigenvalue weighted by molar-refractivity contribution is 7.99. The Morgan fingerprint density at radius 1 is 1.38 bits per heavy atom. The van der Waals surface area contributed by atoms with Crippen LogP contribution in [0.25, 0.3) is 11.2 Å². The summed E-state index contributed by atoms with van der Waals surface area (Å²) in [5, 5.41) is 0.693. The average molecular weight is 342 g/mol. The van der Waals surface area contributed by atoms with Crippen molar-refractivity contribution in [2.45, 2.75) is 18.6 Å². The molecular formula is C17H18N4O2S. The molecule has 7 heteroatoms. The number of H-pyrrole nitrogens is 1. The van der Waals surface area contributed by atoms with Crippen molar-refractivity contribution in [2.75, 3.05) is 5.75 Å². The summed E-state index contributed by atoms with van der Waals surface area (Å²) in [6, 6.07) is 8.10. The summed E-state index contributed by atoms with van der Waals surface area (Å²) in [6.45, 7) is 6.26. The van der Waals surface area contributed by atoms with Crippen molar-refractivity contribution in [2.24, 2.45) is 7.05 Å². The van der Waals surface area contributed by atoms with Gasteiger partial charge < -0.3 is 4.57 Å². The molecule has 0 fully saturated rings. The Bertz CT molecular complexity index is 1030. The molecule has 0 radical (unpaired) electrons. The Kier molecular flexibility index (Phi) is 4.44. The summed E-state index contributed by atoms with van der Waals surface area (Å²) in [4.78, 5) is 31.0. The molecule has 0 saturated carbocycles. The van der Waals surface area contributed by atoms with E-state index in [9.17, 15) is 9.59 Å². The fraction of sp³-hybridized carbons (Fsp3) is 0.235. The first-order chi connectivity index (χ1) is 11.5. The van der Waals surface area contributed by atoms with Gasteiger partial charge in [-0.1, -0.05) is 47.7 Å². The van der Waals surface area contributed by atoms with Gasteiger partial charge in [0.2, 0.25) is 0 Å². The minimum absolute atomic E-state index is 0.392. The van der Waals surface area contributed by atoms with Gasteiger partial charge in [0.05, 0.1) is 6.54 Å². The molecule has 0 bridgehead atoms. The first-order valence-corrected chi connectivity index (χ1v) is 8.48. The van der Waals surface area contributed by atoms with Gasteiger partial charge in [0.15, 0.2) is 16.3 Å². The third-order valence-electron chi connectivity index (χ3n) is 3.73. The van der Waals surface area contributed by atoms with Crippen molar-refractivity contribution in [1.82, 2.24) is 19.1 Å². The molecule has 0 amide bonds. The van der Waals surface area contributed by atoms with Crippen molar-refractivity contribution in [3.8, 4) is 0 Å². The SMILES string of the molecule is C=CCSc1nc2c(c(=O)[nH]c(=O)n2C)n1Cc1cccc(C)c1. The van der Waals surface area contributed by atoms with Gasteiger partial charge in [-0.05, 0) is 12.5 Å². The van der Waals surface area contributed by atoms with Crippen LogP contribution in [0.5, 0.6) is 0 Å². The average Bonchev–Trinajstić information content (AvgIpc) is 2.90. The number of aryl methyl sites for hydroxylation is 2. The summed E-state index contributed by atoms with van der Waals surface area (Å²) < 4.78 is 3.22. The highest BCUT2D eigenvalue weighted by Gasteiger charge is 2.17. The van der Waals surface area contributed by atoms with Gasteiger partial charge in [-0.3, -0.25) is 14.3 Å². The number of aromatic nitrogens is 4. The van der Waals surface area contributed by atoms with Crippen LogP contribution in [-0.4, -0.2) is 24.9 Å². The Morgan fingerprint density at radius 3 is 2.88 bits per heavy atom. The van der Waals surface area contributed by atoms with Crippen molar-refractivity contribution in [1.29, 1.82) is 0 Å². The molecule has 3 rings (SSSR count). The molecule has 6 nitrogen and oxygen atoms in total. The highest BCUT2D eigenvalue weighted by atomic mass is 32.2. The van der Waals surface area contributed by atoms with Gasteiger partial charge in [-0.2, -0.15) is 0 Å². The number of benzene rings is 1. The third-order valence-corrected chi connectivity index (χ3v) is 4.70. The fourth-order valence-electron chi connectivity index (χ4n) is 2.60. The zero-order chi connectivity index (χ0) is 17.3. The predicted octanol–water partition coefficient (Wildman–Crippen LogP) is 2.06. The second kappa shape index (κ2) is 6.52. The molecule has 0 atom stereocenters. The lowest BCUT2D eigenvalue weighted by atomic mass is 10.1. The molecule has 0 aliphatic carbocycles. The van der Waals surface area contributed by atoms with E-state index < -0.39 is 11.2 Å². The van der Waals surface area contributed by atoms with E-state index in [2.05, 4.69) is 22.6 Å². The van der Waals surface area contributed by atoms with Crippen LogP contribution in [0.1, 0.15) is 11.1 Å². The number of thioether (sulfide) groups is 1. The van der Waals surface area contributed by atoms with Crippen molar-refractivity contribution in [3.63, 3.8) is 0 Å². The van der Waals surface area contributed by atoms with Crippen molar-refractivity contribution < 1.29 is 0 Å². The number of fused-ring (bicyclic) bond motifs is 1. The Hall–Kier alpha value is -2.54. The summed E-state index contributed by atoms with van der Waals surface area (Å²) in [5.74, 6) is 0.670. The number of rotatable bonds is 5. The lowest BCUT2D eigenvalue weighted by Gasteiger charge is -2.08. The van der Waals surface area contributed by atoms with Crippen LogP contribution in [0.15, 0.2) is 51.7 Å². The Balaban J connectivity index is 2.23. The van der Waals surface area contributed by atoms with E-state index in [1.165, 1.54) is 16.3 Å². The zero-order valence-electron chi connectivity index (χ0n) is 13.6. The molecule has 0 spiro atoms. The fourth-order valence-corrected chi connectivity index (χ4v) is 3.33. The van der Waals surface area contributed by atoms with Gasteiger partial charge in [0.1, 0.15) is 0 Å². The standard InChI is InChI=1S/C17H18N4O2S/c1-4-8-24-17-18-14-13(15(22)19-16(23)20(14)3)21(17)10-12-7-5-6-11(2)9-12/h4-7,9H,1,8,10H2,2-3H3,(H,19,22,23). The molecule has 0 aliphatic rings. The highest BCUT2D eigenvalue weighted by Crippen LogP contribution is 2.23. The van der Waals surface area contributed by atoms with E-state index in [0.717, 1.165) is 11.1 Å². The smallest absolute Gasteiger partial charge is 0.309 e. The molecule has 3 aromatic rings. The Morgan fingerprint density at radius 2 is 2.17 bits per heavy atom. The molecular weight excluding hydrogens is 324 g/mol. The summed E-state index contributed by atoms with van der Waals surface area (Å²) in [5.41, 5.74) is 2.14. The predicted molar refractivity (Wildman–Crippen MR) is 96.8 cm³/mol. The van der Waals surface area contributed by atoms with Crippen LogP contribution in [0.4, 0.5) is 0 Å². The second-order valence-corrected chi connectivity index (χ2v) is 6.55. The molecule has 1 aromatic carbocycles. The number of aromatic amines is 1. The zero-order valence-corrected chi connectivity index (χ0v) is 14.4. The molecule has 0 aliphatic heterocycles. The van der Waals surface area contributed by atoms with Crippen LogP contribution in [0.2, 0.25) is 0 Å². The minimum atomic E-state index is -0.465. The van der Waals surface area contributed by atoms with E-state index in [-0.39, 0.29) is 0 Å². The number of nitrogens with one attached hydrogen (secondary N) is 1. The van der Waals surface area contributed by atoms with Gasteiger partial charge in [0.25, 0.3) is 5.56 Å². The van der Waals surface area contributed by atoms with E-state index >= 15 is 0 Å². The summed E-state index contributed by atoms with van der Waals surface area (Å²) in [7, 11) is 1.60. The normalized spacial score (nSPS) is 11.1. The molecule has 0 unspecified atom stereocenters. The van der Waals surface area contributed by atoms with E-state index in [1.807, 2.05) is 29.7 Å². The van der Waals surface area contributed by atoms with Gasteiger partial charge >= 0.3 is 5.69 Å². The number of imidazole rings is 1. The quantitative estimate of drug-likeness (QED) is 0.569. The van der Waals surface area contributed by atoms with Gasteiger partial charge in [0, 0.05) is 12.8 Å². The first-order valence-electron chi connectivity index (χ1n) is 7.50. The molecule has 1 N–H and O–H groups in total.